The molecule has 1 unspecified atom stereocenters. The molecule has 1 amide bonds. The molecule has 0 aromatic carbocycles. The van der Waals surface area contributed by atoms with E-state index < -0.39 is 5.95 Å². The highest BCUT2D eigenvalue weighted by Gasteiger charge is 2.18. The summed E-state index contributed by atoms with van der Waals surface area (Å²) in [5.74, 6) is 1.31. The van der Waals surface area contributed by atoms with Crippen molar-refractivity contribution in [3.63, 3.8) is 0 Å². The topological polar surface area (TPSA) is 42.0 Å². The van der Waals surface area contributed by atoms with Crippen molar-refractivity contribution in [2.45, 2.75) is 12.5 Å². The van der Waals surface area contributed by atoms with Gasteiger partial charge >= 0.3 is 0 Å². The average molecular weight is 226 g/mol. The van der Waals surface area contributed by atoms with Crippen LogP contribution < -0.4 is 5.32 Å². The first-order valence-electron chi connectivity index (χ1n) is 4.76. The summed E-state index contributed by atoms with van der Waals surface area (Å²) >= 11 is 1.83. The van der Waals surface area contributed by atoms with E-state index in [0.29, 0.717) is 5.56 Å². The number of carbonyl (C=O) groups is 1. The first kappa shape index (κ1) is 10.4. The van der Waals surface area contributed by atoms with Gasteiger partial charge in [0.15, 0.2) is 0 Å². The van der Waals surface area contributed by atoms with Crippen molar-refractivity contribution in [2.24, 2.45) is 0 Å². The van der Waals surface area contributed by atoms with Gasteiger partial charge in [-0.25, -0.2) is 4.98 Å². The van der Waals surface area contributed by atoms with E-state index in [-0.39, 0.29) is 11.9 Å². The van der Waals surface area contributed by atoms with Crippen LogP contribution in [-0.4, -0.2) is 28.4 Å². The average Bonchev–Trinajstić information content (AvgIpc) is 2.71. The molecule has 1 fully saturated rings. The van der Waals surface area contributed by atoms with Crippen molar-refractivity contribution in [1.82, 2.24) is 10.3 Å². The lowest BCUT2D eigenvalue weighted by Crippen LogP contribution is -2.34. The number of hydrogen-bond acceptors (Lipinski definition) is 3. The van der Waals surface area contributed by atoms with Crippen LogP contribution in [0.15, 0.2) is 18.3 Å². The fraction of sp³-hybridized carbons (Fsp3) is 0.400. The number of nitrogens with zero attached hydrogens (tertiary/aromatic N) is 1. The van der Waals surface area contributed by atoms with E-state index >= 15 is 0 Å². The van der Waals surface area contributed by atoms with E-state index in [4.69, 9.17) is 0 Å². The van der Waals surface area contributed by atoms with Crippen molar-refractivity contribution >= 4 is 17.7 Å². The van der Waals surface area contributed by atoms with Gasteiger partial charge in [-0.1, -0.05) is 0 Å². The number of nitrogens with one attached hydrogen (secondary N) is 1. The van der Waals surface area contributed by atoms with Crippen LogP contribution in [0.1, 0.15) is 16.8 Å². The number of carbonyl (C=O) groups excluding carboxylic acids is 1. The Balaban J connectivity index is 1.98. The van der Waals surface area contributed by atoms with Gasteiger partial charge in [-0.05, 0) is 24.3 Å². The van der Waals surface area contributed by atoms with Gasteiger partial charge in [-0.2, -0.15) is 16.2 Å². The maximum absolute atomic E-state index is 12.5. The zero-order chi connectivity index (χ0) is 10.7. The van der Waals surface area contributed by atoms with Gasteiger partial charge in [-0.15, -0.1) is 0 Å². The molecule has 1 aromatic heterocycles. The summed E-state index contributed by atoms with van der Waals surface area (Å²) in [5, 5.41) is 2.89. The Labute approximate surface area is 91.5 Å². The van der Waals surface area contributed by atoms with Crippen LogP contribution in [0.3, 0.4) is 0 Å². The van der Waals surface area contributed by atoms with Gasteiger partial charge in [0.1, 0.15) is 0 Å². The van der Waals surface area contributed by atoms with Gasteiger partial charge in [0.2, 0.25) is 5.95 Å². The van der Waals surface area contributed by atoms with Crippen LogP contribution in [-0.2, 0) is 0 Å². The van der Waals surface area contributed by atoms with Gasteiger partial charge in [0.05, 0.1) is 5.56 Å². The second-order valence-electron chi connectivity index (χ2n) is 3.40. The lowest BCUT2D eigenvalue weighted by Gasteiger charge is -2.10. The molecule has 1 saturated heterocycles. The number of thioether (sulfide) groups is 1. The molecule has 1 aliphatic heterocycles. The molecular weight excluding hydrogens is 215 g/mol. The molecule has 5 heteroatoms. The SMILES string of the molecule is O=C(NC1CCSC1)c1ccc(F)nc1. The summed E-state index contributed by atoms with van der Waals surface area (Å²) in [6.07, 6.45) is 2.26. The number of aromatic nitrogens is 1. The van der Waals surface area contributed by atoms with Crippen molar-refractivity contribution in [1.29, 1.82) is 0 Å². The van der Waals surface area contributed by atoms with Gasteiger partial charge in [0, 0.05) is 18.0 Å². The molecule has 0 saturated carbocycles. The number of pyridine rings is 1. The van der Waals surface area contributed by atoms with E-state index in [0.717, 1.165) is 17.9 Å². The summed E-state index contributed by atoms with van der Waals surface area (Å²) < 4.78 is 12.5. The highest BCUT2D eigenvalue weighted by molar-refractivity contribution is 7.99. The summed E-state index contributed by atoms with van der Waals surface area (Å²) in [6, 6.07) is 2.88. The van der Waals surface area contributed by atoms with Crippen molar-refractivity contribution in [3.8, 4) is 0 Å². The lowest BCUT2D eigenvalue weighted by molar-refractivity contribution is 0.0940. The Morgan fingerprint density at radius 3 is 3.07 bits per heavy atom. The Morgan fingerprint density at radius 1 is 1.60 bits per heavy atom. The second kappa shape index (κ2) is 4.61. The van der Waals surface area contributed by atoms with E-state index in [1.807, 2.05) is 11.8 Å². The van der Waals surface area contributed by atoms with E-state index in [1.54, 1.807) is 0 Å². The molecular formula is C10H11FN2OS. The normalized spacial score (nSPS) is 20.2. The third kappa shape index (κ3) is 2.68. The minimum atomic E-state index is -0.567. The molecule has 0 bridgehead atoms. The van der Waals surface area contributed by atoms with Gasteiger partial charge in [0.25, 0.3) is 5.91 Å². The van der Waals surface area contributed by atoms with E-state index in [2.05, 4.69) is 10.3 Å². The molecule has 0 spiro atoms. The Kier molecular flexibility index (Phi) is 3.20. The summed E-state index contributed by atoms with van der Waals surface area (Å²) in [6.45, 7) is 0. The predicted octanol–water partition coefficient (Wildman–Crippen LogP) is 1.46. The third-order valence-corrected chi connectivity index (χ3v) is 3.42. The highest BCUT2D eigenvalue weighted by atomic mass is 32.2. The molecule has 0 radical (unpaired) electrons. The molecule has 15 heavy (non-hydrogen) atoms. The number of halogens is 1. The van der Waals surface area contributed by atoms with Crippen LogP contribution in [0.2, 0.25) is 0 Å². The molecule has 2 heterocycles. The van der Waals surface area contributed by atoms with Crippen molar-refractivity contribution in [3.05, 3.63) is 29.8 Å². The minimum absolute atomic E-state index is 0.171. The molecule has 1 atom stereocenters. The molecule has 2 rings (SSSR count). The van der Waals surface area contributed by atoms with Crippen LogP contribution in [0.25, 0.3) is 0 Å². The fourth-order valence-electron chi connectivity index (χ4n) is 1.43. The van der Waals surface area contributed by atoms with Gasteiger partial charge in [-0.3, -0.25) is 4.79 Å². The lowest BCUT2D eigenvalue weighted by atomic mass is 10.2. The zero-order valence-electron chi connectivity index (χ0n) is 8.07. The van der Waals surface area contributed by atoms with E-state index in [1.165, 1.54) is 18.3 Å². The molecule has 0 aliphatic carbocycles. The summed E-state index contributed by atoms with van der Waals surface area (Å²) in [7, 11) is 0. The second-order valence-corrected chi connectivity index (χ2v) is 4.55. The maximum atomic E-state index is 12.5. The first-order valence-corrected chi connectivity index (χ1v) is 5.91. The Hall–Kier alpha value is -1.10. The quantitative estimate of drug-likeness (QED) is 0.776. The van der Waals surface area contributed by atoms with Crippen LogP contribution in [0.4, 0.5) is 4.39 Å². The van der Waals surface area contributed by atoms with Crippen LogP contribution in [0.5, 0.6) is 0 Å². The summed E-state index contributed by atoms with van der Waals surface area (Å²) in [4.78, 5) is 15.1. The monoisotopic (exact) mass is 226 g/mol. The van der Waals surface area contributed by atoms with Crippen LogP contribution >= 0.6 is 11.8 Å². The first-order chi connectivity index (χ1) is 7.25. The zero-order valence-corrected chi connectivity index (χ0v) is 8.89. The highest BCUT2D eigenvalue weighted by Crippen LogP contribution is 2.17. The molecule has 1 N–H and O–H groups in total. The smallest absolute Gasteiger partial charge is 0.253 e. The van der Waals surface area contributed by atoms with E-state index in [9.17, 15) is 9.18 Å². The molecule has 80 valence electrons. The predicted molar refractivity (Wildman–Crippen MR) is 57.4 cm³/mol. The third-order valence-electron chi connectivity index (χ3n) is 2.25. The fourth-order valence-corrected chi connectivity index (χ4v) is 2.58. The van der Waals surface area contributed by atoms with Crippen molar-refractivity contribution < 1.29 is 9.18 Å². The number of amides is 1. The van der Waals surface area contributed by atoms with Crippen LogP contribution in [0, 0.1) is 5.95 Å². The largest absolute Gasteiger partial charge is 0.348 e. The molecule has 1 aliphatic rings. The van der Waals surface area contributed by atoms with Crippen molar-refractivity contribution in [2.75, 3.05) is 11.5 Å². The Bertz CT molecular complexity index is 349. The summed E-state index contributed by atoms with van der Waals surface area (Å²) in [5.41, 5.74) is 0.410. The maximum Gasteiger partial charge on any atom is 0.253 e. The standard InChI is InChI=1S/C10H11FN2OS/c11-9-2-1-7(5-12-9)10(14)13-8-3-4-15-6-8/h1-2,5,8H,3-4,6H2,(H,13,14). The number of rotatable bonds is 2. The minimum Gasteiger partial charge on any atom is -0.348 e. The number of hydrogen-bond donors (Lipinski definition) is 1. The molecule has 1 aromatic rings. The Morgan fingerprint density at radius 2 is 2.47 bits per heavy atom. The van der Waals surface area contributed by atoms with Gasteiger partial charge < -0.3 is 5.32 Å². The molecule has 3 nitrogen and oxygen atoms in total.